The van der Waals surface area contributed by atoms with Crippen molar-refractivity contribution in [3.05, 3.63) is 94.5 Å². The molecule has 8 nitrogen and oxygen atoms in total. The molecule has 1 aliphatic carbocycles. The summed E-state index contributed by atoms with van der Waals surface area (Å²) in [4.78, 5) is 27.1. The number of hydrogen-bond acceptors (Lipinski definition) is 8. The third-order valence-corrected chi connectivity index (χ3v) is 6.44. The van der Waals surface area contributed by atoms with Crippen LogP contribution in [0.3, 0.4) is 0 Å². The third-order valence-electron chi connectivity index (χ3n) is 6.44. The lowest BCUT2D eigenvalue weighted by molar-refractivity contribution is 0.0974. The van der Waals surface area contributed by atoms with Gasteiger partial charge >= 0.3 is 0 Å². The van der Waals surface area contributed by atoms with Gasteiger partial charge < -0.3 is 31.2 Å². The number of carbonyl (C=O) groups is 2. The van der Waals surface area contributed by atoms with E-state index in [9.17, 15) is 19.8 Å². The van der Waals surface area contributed by atoms with Crippen LogP contribution in [0.4, 0.5) is 11.4 Å². The number of ketones is 2. The van der Waals surface area contributed by atoms with E-state index in [1.807, 2.05) is 12.1 Å². The van der Waals surface area contributed by atoms with Gasteiger partial charge in [-0.05, 0) is 42.7 Å². The Balaban J connectivity index is 1.54. The van der Waals surface area contributed by atoms with Crippen molar-refractivity contribution in [3.8, 4) is 34.5 Å². The van der Waals surface area contributed by atoms with Crippen LogP contribution in [0.2, 0.25) is 0 Å². The monoisotopic (exact) mass is 510 g/mol. The predicted molar refractivity (Wildman–Crippen MR) is 144 cm³/mol. The van der Waals surface area contributed by atoms with Gasteiger partial charge in [-0.3, -0.25) is 9.59 Å². The first-order valence-corrected chi connectivity index (χ1v) is 12.2. The maximum absolute atomic E-state index is 13.6. The number of fused-ring (bicyclic) bond motifs is 2. The van der Waals surface area contributed by atoms with Crippen molar-refractivity contribution in [2.75, 3.05) is 11.5 Å². The SMILES string of the molecule is CCCCc1ccc(Oc2cc(N)c3c(c2O)C(=O)c2c(N)cc(Oc4ccccc4)c(O)c2C3=O)cc1. The summed E-state index contributed by atoms with van der Waals surface area (Å²) in [5, 5.41) is 22.0. The largest absolute Gasteiger partial charge is 0.504 e. The van der Waals surface area contributed by atoms with Gasteiger partial charge in [0.15, 0.2) is 23.0 Å². The van der Waals surface area contributed by atoms with Gasteiger partial charge in [0, 0.05) is 23.5 Å². The molecule has 0 atom stereocenters. The number of unbranched alkanes of at least 4 members (excludes halogenated alkanes) is 1. The summed E-state index contributed by atoms with van der Waals surface area (Å²) in [7, 11) is 0. The number of ether oxygens (including phenoxy) is 2. The normalized spacial score (nSPS) is 12.1. The number of phenolic OH excluding ortho intramolecular Hbond substituents is 2. The molecular formula is C30H26N2O6. The van der Waals surface area contributed by atoms with Crippen molar-refractivity contribution in [1.82, 2.24) is 0 Å². The number of nitrogen functional groups attached to an aromatic ring is 2. The summed E-state index contributed by atoms with van der Waals surface area (Å²) in [6.07, 6.45) is 3.09. The zero-order chi connectivity index (χ0) is 27.0. The molecule has 192 valence electrons. The van der Waals surface area contributed by atoms with Crippen LogP contribution in [0.25, 0.3) is 0 Å². The fraction of sp³-hybridized carbons (Fsp3) is 0.133. The van der Waals surface area contributed by atoms with E-state index in [1.165, 1.54) is 12.1 Å². The molecule has 4 aromatic carbocycles. The molecule has 0 spiro atoms. The van der Waals surface area contributed by atoms with Crippen LogP contribution >= 0.6 is 0 Å². The smallest absolute Gasteiger partial charge is 0.200 e. The van der Waals surface area contributed by atoms with E-state index in [0.29, 0.717) is 11.5 Å². The molecule has 1 aliphatic rings. The van der Waals surface area contributed by atoms with Crippen LogP contribution in [-0.2, 0) is 6.42 Å². The molecule has 0 fully saturated rings. The topological polar surface area (TPSA) is 145 Å². The second kappa shape index (κ2) is 9.82. The van der Waals surface area contributed by atoms with Crippen molar-refractivity contribution in [1.29, 1.82) is 0 Å². The number of carbonyl (C=O) groups excluding carboxylic acids is 2. The maximum atomic E-state index is 13.6. The summed E-state index contributed by atoms with van der Waals surface area (Å²) in [5.74, 6) is -1.98. The van der Waals surface area contributed by atoms with E-state index in [0.717, 1.165) is 24.8 Å². The van der Waals surface area contributed by atoms with Crippen molar-refractivity contribution in [3.63, 3.8) is 0 Å². The fourth-order valence-corrected chi connectivity index (χ4v) is 4.52. The quantitative estimate of drug-likeness (QED) is 0.155. The van der Waals surface area contributed by atoms with E-state index in [1.54, 1.807) is 42.5 Å². The summed E-state index contributed by atoms with van der Waals surface area (Å²) < 4.78 is 11.5. The van der Waals surface area contributed by atoms with Crippen molar-refractivity contribution in [2.24, 2.45) is 0 Å². The number of aryl methyl sites for hydroxylation is 1. The van der Waals surface area contributed by atoms with Crippen molar-refractivity contribution < 1.29 is 29.3 Å². The lowest BCUT2D eigenvalue weighted by atomic mass is 9.81. The standard InChI is InChI=1S/C30H26N2O6/c1-2-3-7-16-10-12-18(13-11-16)38-22-15-20(32)24-26(28(22)34)30(36)23-19(31)14-21(27(33)25(23)29(24)35)37-17-8-5-4-6-9-17/h4-6,8-15,33-34H,2-3,7,31-32H2,1H3. The molecule has 0 saturated heterocycles. The summed E-state index contributed by atoms with van der Waals surface area (Å²) in [5.41, 5.74) is 12.2. The number of para-hydroxylation sites is 1. The minimum Gasteiger partial charge on any atom is -0.504 e. The molecule has 38 heavy (non-hydrogen) atoms. The first-order valence-electron chi connectivity index (χ1n) is 12.2. The van der Waals surface area contributed by atoms with Crippen LogP contribution in [-0.4, -0.2) is 21.8 Å². The van der Waals surface area contributed by atoms with Gasteiger partial charge in [-0.2, -0.15) is 0 Å². The Morgan fingerprint density at radius 3 is 1.63 bits per heavy atom. The number of hydrogen-bond donors (Lipinski definition) is 4. The van der Waals surface area contributed by atoms with Crippen LogP contribution in [0.1, 0.15) is 57.2 Å². The molecule has 6 N–H and O–H groups in total. The number of nitrogens with two attached hydrogens (primary N) is 2. The highest BCUT2D eigenvalue weighted by Gasteiger charge is 2.40. The molecular weight excluding hydrogens is 484 g/mol. The Labute approximate surface area is 219 Å². The van der Waals surface area contributed by atoms with E-state index < -0.39 is 23.1 Å². The van der Waals surface area contributed by atoms with Gasteiger partial charge in [-0.1, -0.05) is 43.7 Å². The summed E-state index contributed by atoms with van der Waals surface area (Å²) in [6.45, 7) is 2.12. The average molecular weight is 511 g/mol. The molecule has 0 amide bonds. The van der Waals surface area contributed by atoms with Gasteiger partial charge in [0.05, 0.1) is 22.3 Å². The molecule has 0 aromatic heterocycles. The van der Waals surface area contributed by atoms with Gasteiger partial charge in [0.25, 0.3) is 0 Å². The molecule has 0 aliphatic heterocycles. The Morgan fingerprint density at radius 2 is 1.16 bits per heavy atom. The lowest BCUT2D eigenvalue weighted by Gasteiger charge is -2.24. The van der Waals surface area contributed by atoms with Gasteiger partial charge in [0.2, 0.25) is 11.6 Å². The van der Waals surface area contributed by atoms with Crippen molar-refractivity contribution >= 4 is 22.9 Å². The van der Waals surface area contributed by atoms with E-state index in [-0.39, 0.29) is 45.1 Å². The second-order valence-corrected chi connectivity index (χ2v) is 9.05. The highest BCUT2D eigenvalue weighted by atomic mass is 16.5. The highest BCUT2D eigenvalue weighted by Crippen LogP contribution is 2.48. The fourth-order valence-electron chi connectivity index (χ4n) is 4.52. The molecule has 8 heteroatoms. The second-order valence-electron chi connectivity index (χ2n) is 9.05. The Hall–Kier alpha value is -4.98. The third kappa shape index (κ3) is 4.26. The van der Waals surface area contributed by atoms with Gasteiger partial charge in [-0.15, -0.1) is 0 Å². The summed E-state index contributed by atoms with van der Waals surface area (Å²) >= 11 is 0. The van der Waals surface area contributed by atoms with Crippen LogP contribution in [0, 0.1) is 0 Å². The Morgan fingerprint density at radius 1 is 0.684 bits per heavy atom. The van der Waals surface area contributed by atoms with E-state index >= 15 is 0 Å². The number of benzene rings is 4. The molecule has 5 rings (SSSR count). The van der Waals surface area contributed by atoms with Crippen molar-refractivity contribution in [2.45, 2.75) is 26.2 Å². The number of rotatable bonds is 7. The molecule has 0 heterocycles. The summed E-state index contributed by atoms with van der Waals surface area (Å²) in [6, 6.07) is 18.5. The molecule has 0 bridgehead atoms. The zero-order valence-corrected chi connectivity index (χ0v) is 20.7. The minimum atomic E-state index is -0.767. The average Bonchev–Trinajstić information content (AvgIpc) is 2.91. The Kier molecular flexibility index (Phi) is 6.38. The maximum Gasteiger partial charge on any atom is 0.200 e. The number of phenols is 2. The molecule has 0 unspecified atom stereocenters. The highest BCUT2D eigenvalue weighted by molar-refractivity contribution is 6.33. The van der Waals surface area contributed by atoms with Crippen LogP contribution < -0.4 is 20.9 Å². The molecule has 0 saturated carbocycles. The first kappa shape index (κ1) is 24.7. The van der Waals surface area contributed by atoms with Gasteiger partial charge in [0.1, 0.15) is 11.5 Å². The number of anilines is 2. The van der Waals surface area contributed by atoms with Crippen LogP contribution in [0.5, 0.6) is 34.5 Å². The molecule has 0 radical (unpaired) electrons. The lowest BCUT2D eigenvalue weighted by Crippen LogP contribution is -2.24. The molecule has 4 aromatic rings. The Bertz CT molecular complexity index is 1560. The van der Waals surface area contributed by atoms with Crippen LogP contribution in [0.15, 0.2) is 66.7 Å². The van der Waals surface area contributed by atoms with Gasteiger partial charge in [-0.25, -0.2) is 0 Å². The first-order chi connectivity index (χ1) is 18.3. The predicted octanol–water partition coefficient (Wildman–Crippen LogP) is 5.96. The zero-order valence-electron chi connectivity index (χ0n) is 20.7. The minimum absolute atomic E-state index is 0.0843. The van der Waals surface area contributed by atoms with E-state index in [2.05, 4.69) is 6.92 Å². The number of aromatic hydroxyl groups is 2. The van der Waals surface area contributed by atoms with E-state index in [4.69, 9.17) is 20.9 Å².